The molecular weight excluding hydrogens is 404 g/mol. The van der Waals surface area contributed by atoms with Crippen LogP contribution in [0.5, 0.6) is 11.5 Å². The van der Waals surface area contributed by atoms with Gasteiger partial charge in [-0.25, -0.2) is 0 Å². The number of rotatable bonds is 8. The van der Waals surface area contributed by atoms with E-state index in [1.807, 2.05) is 62.9 Å². The number of likely N-dealkylation sites (tertiary alicyclic amines) is 1. The van der Waals surface area contributed by atoms with Gasteiger partial charge < -0.3 is 19.7 Å². The third kappa shape index (κ3) is 6.25. The number of amides is 2. The second-order valence-corrected chi connectivity index (χ2v) is 8.42. The van der Waals surface area contributed by atoms with Gasteiger partial charge in [0.1, 0.15) is 11.5 Å². The van der Waals surface area contributed by atoms with Gasteiger partial charge in [-0.3, -0.25) is 9.59 Å². The van der Waals surface area contributed by atoms with Gasteiger partial charge in [0, 0.05) is 19.1 Å². The summed E-state index contributed by atoms with van der Waals surface area (Å²) in [6, 6.07) is 11.8. The van der Waals surface area contributed by atoms with Crippen molar-refractivity contribution in [3.63, 3.8) is 0 Å². The molecule has 6 nitrogen and oxygen atoms in total. The highest BCUT2D eigenvalue weighted by molar-refractivity contribution is 5.79. The van der Waals surface area contributed by atoms with Crippen molar-refractivity contribution < 1.29 is 19.1 Å². The molecule has 0 saturated carbocycles. The van der Waals surface area contributed by atoms with Crippen molar-refractivity contribution in [3.05, 3.63) is 58.7 Å². The first-order chi connectivity index (χ1) is 15.4. The van der Waals surface area contributed by atoms with Gasteiger partial charge in [0.05, 0.1) is 13.0 Å². The fraction of sp³-hybridized carbons (Fsp3) is 0.462. The fourth-order valence-corrected chi connectivity index (χ4v) is 3.98. The Morgan fingerprint density at radius 2 is 1.62 bits per heavy atom. The highest BCUT2D eigenvalue weighted by Gasteiger charge is 2.24. The number of carbonyl (C=O) groups excluding carboxylic acids is 2. The molecule has 1 aliphatic rings. The zero-order valence-electron chi connectivity index (χ0n) is 19.6. The summed E-state index contributed by atoms with van der Waals surface area (Å²) in [6.45, 7) is 9.91. The van der Waals surface area contributed by atoms with Crippen molar-refractivity contribution in [1.82, 2.24) is 10.2 Å². The Labute approximate surface area is 190 Å². The molecule has 32 heavy (non-hydrogen) atoms. The summed E-state index contributed by atoms with van der Waals surface area (Å²) in [6.07, 6.45) is 1.85. The van der Waals surface area contributed by atoms with Gasteiger partial charge in [-0.1, -0.05) is 24.3 Å². The number of aryl methyl sites for hydroxylation is 2. The average molecular weight is 439 g/mol. The lowest BCUT2D eigenvalue weighted by atomic mass is 10.0. The summed E-state index contributed by atoms with van der Waals surface area (Å²) in [5.74, 6) is 1.61. The minimum atomic E-state index is -0.00975. The van der Waals surface area contributed by atoms with Crippen LogP contribution in [-0.2, 0) is 16.0 Å². The second-order valence-electron chi connectivity index (χ2n) is 8.42. The number of nitrogens with zero attached hydrogens (tertiary/aromatic N) is 1. The fourth-order valence-electron chi connectivity index (χ4n) is 3.98. The van der Waals surface area contributed by atoms with Crippen LogP contribution in [0.2, 0.25) is 0 Å². The topological polar surface area (TPSA) is 67.9 Å². The van der Waals surface area contributed by atoms with Crippen LogP contribution in [0, 0.1) is 20.8 Å². The smallest absolute Gasteiger partial charge is 0.260 e. The summed E-state index contributed by atoms with van der Waals surface area (Å²) in [5, 5.41) is 3.11. The van der Waals surface area contributed by atoms with Gasteiger partial charge in [0.2, 0.25) is 5.91 Å². The molecule has 1 heterocycles. The van der Waals surface area contributed by atoms with E-state index in [2.05, 4.69) is 11.4 Å². The van der Waals surface area contributed by atoms with E-state index in [9.17, 15) is 9.59 Å². The molecule has 2 aromatic rings. The van der Waals surface area contributed by atoms with Gasteiger partial charge in [0.25, 0.3) is 5.91 Å². The third-order valence-electron chi connectivity index (χ3n) is 6.03. The average Bonchev–Trinajstić information content (AvgIpc) is 2.78. The number of nitrogens with one attached hydrogen (secondary N) is 1. The van der Waals surface area contributed by atoms with Crippen LogP contribution < -0.4 is 14.8 Å². The van der Waals surface area contributed by atoms with E-state index in [-0.39, 0.29) is 24.5 Å². The molecule has 1 N–H and O–H groups in total. The number of hydrogen-bond donors (Lipinski definition) is 1. The Hall–Kier alpha value is -3.02. The molecule has 0 radical (unpaired) electrons. The zero-order chi connectivity index (χ0) is 23.1. The molecule has 0 atom stereocenters. The van der Waals surface area contributed by atoms with Crippen LogP contribution in [0.15, 0.2) is 36.4 Å². The molecule has 0 unspecified atom stereocenters. The minimum absolute atomic E-state index is 0.00710. The summed E-state index contributed by atoms with van der Waals surface area (Å²) in [4.78, 5) is 26.9. The minimum Gasteiger partial charge on any atom is -0.494 e. The number of benzene rings is 2. The van der Waals surface area contributed by atoms with Gasteiger partial charge in [-0.2, -0.15) is 0 Å². The van der Waals surface area contributed by atoms with Crippen LogP contribution in [0.25, 0.3) is 0 Å². The molecule has 0 spiro atoms. The van der Waals surface area contributed by atoms with Crippen molar-refractivity contribution in [2.75, 3.05) is 26.3 Å². The van der Waals surface area contributed by atoms with Crippen LogP contribution in [0.4, 0.5) is 0 Å². The van der Waals surface area contributed by atoms with E-state index < -0.39 is 0 Å². The van der Waals surface area contributed by atoms with Gasteiger partial charge >= 0.3 is 0 Å². The summed E-state index contributed by atoms with van der Waals surface area (Å²) >= 11 is 0. The van der Waals surface area contributed by atoms with Crippen molar-refractivity contribution >= 4 is 11.8 Å². The molecule has 172 valence electrons. The van der Waals surface area contributed by atoms with Crippen LogP contribution in [-0.4, -0.2) is 49.1 Å². The molecule has 6 heteroatoms. The molecule has 1 saturated heterocycles. The Bertz CT molecular complexity index is 932. The second kappa shape index (κ2) is 11.0. The number of piperidine rings is 1. The lowest BCUT2D eigenvalue weighted by Gasteiger charge is -2.32. The highest BCUT2D eigenvalue weighted by Crippen LogP contribution is 2.25. The SMILES string of the molecule is CCOc1ccc(CC(=O)NC2CCN(C(=O)COc3c(C)ccc(C)c3C)CC2)cc1. The molecule has 1 aliphatic heterocycles. The van der Waals surface area contributed by atoms with Gasteiger partial charge in [0.15, 0.2) is 6.61 Å². The normalized spacial score (nSPS) is 14.2. The van der Waals surface area contributed by atoms with E-state index in [1.165, 1.54) is 0 Å². The van der Waals surface area contributed by atoms with Crippen LogP contribution in [0.3, 0.4) is 0 Å². The third-order valence-corrected chi connectivity index (χ3v) is 6.03. The number of carbonyl (C=O) groups is 2. The van der Waals surface area contributed by atoms with Crippen molar-refractivity contribution in [1.29, 1.82) is 0 Å². The lowest BCUT2D eigenvalue weighted by Crippen LogP contribution is -2.48. The summed E-state index contributed by atoms with van der Waals surface area (Å²) in [7, 11) is 0. The van der Waals surface area contributed by atoms with Gasteiger partial charge in [-0.05, 0) is 74.9 Å². The predicted octanol–water partition coefficient (Wildman–Crippen LogP) is 3.74. The first kappa shape index (κ1) is 23.6. The molecule has 2 aromatic carbocycles. The molecule has 0 aromatic heterocycles. The maximum Gasteiger partial charge on any atom is 0.260 e. The van der Waals surface area contributed by atoms with Crippen molar-refractivity contribution in [3.8, 4) is 11.5 Å². The quantitative estimate of drug-likeness (QED) is 0.682. The maximum atomic E-state index is 12.6. The maximum absolute atomic E-state index is 12.6. The number of hydrogen-bond acceptors (Lipinski definition) is 4. The summed E-state index contributed by atoms with van der Waals surface area (Å²) in [5.41, 5.74) is 4.22. The lowest BCUT2D eigenvalue weighted by molar-refractivity contribution is -0.134. The highest BCUT2D eigenvalue weighted by atomic mass is 16.5. The van der Waals surface area contributed by atoms with E-state index in [0.717, 1.165) is 46.6 Å². The Morgan fingerprint density at radius 1 is 0.969 bits per heavy atom. The molecule has 0 aliphatic carbocycles. The van der Waals surface area contributed by atoms with E-state index in [1.54, 1.807) is 0 Å². The van der Waals surface area contributed by atoms with Crippen molar-refractivity contribution in [2.45, 2.75) is 53.0 Å². The van der Waals surface area contributed by atoms with Gasteiger partial charge in [-0.15, -0.1) is 0 Å². The van der Waals surface area contributed by atoms with Crippen LogP contribution in [0.1, 0.15) is 42.0 Å². The van der Waals surface area contributed by atoms with Crippen LogP contribution >= 0.6 is 0 Å². The molecule has 2 amide bonds. The molecule has 3 rings (SSSR count). The molecule has 1 fully saturated rings. The Morgan fingerprint density at radius 3 is 2.28 bits per heavy atom. The van der Waals surface area contributed by atoms with E-state index in [4.69, 9.17) is 9.47 Å². The Kier molecular flexibility index (Phi) is 8.14. The zero-order valence-corrected chi connectivity index (χ0v) is 19.6. The largest absolute Gasteiger partial charge is 0.494 e. The Balaban J connectivity index is 1.42. The molecular formula is C26H34N2O4. The predicted molar refractivity (Wildman–Crippen MR) is 125 cm³/mol. The van der Waals surface area contributed by atoms with E-state index in [0.29, 0.717) is 26.1 Å². The van der Waals surface area contributed by atoms with E-state index >= 15 is 0 Å². The molecule has 0 bridgehead atoms. The van der Waals surface area contributed by atoms with Crippen molar-refractivity contribution in [2.24, 2.45) is 0 Å². The summed E-state index contributed by atoms with van der Waals surface area (Å²) < 4.78 is 11.3. The standard InChI is InChI=1S/C26H34N2O4/c1-5-31-23-10-8-21(9-11-23)16-24(29)27-22-12-14-28(15-13-22)25(30)17-32-26-19(3)7-6-18(2)20(26)4/h6-11,22H,5,12-17H2,1-4H3,(H,27,29). The number of ether oxygens (including phenoxy) is 2. The monoisotopic (exact) mass is 438 g/mol. The first-order valence-corrected chi connectivity index (χ1v) is 11.4. The first-order valence-electron chi connectivity index (χ1n) is 11.4.